The molecule has 0 bridgehead atoms. The number of benzene rings is 2. The Morgan fingerprint density at radius 1 is 1.08 bits per heavy atom. The lowest BCUT2D eigenvalue weighted by atomic mass is 10.1. The number of halogens is 3. The maximum Gasteiger partial charge on any atom is 0.416 e. The smallest absolute Gasteiger partial charge is 0.416 e. The van der Waals surface area contributed by atoms with Gasteiger partial charge in [0, 0.05) is 29.2 Å². The zero-order valence-corrected chi connectivity index (χ0v) is 13.0. The van der Waals surface area contributed by atoms with Gasteiger partial charge >= 0.3 is 12.1 Å². The van der Waals surface area contributed by atoms with Crippen LogP contribution in [0.25, 0.3) is 17.0 Å². The van der Waals surface area contributed by atoms with Crippen molar-refractivity contribution in [3.05, 3.63) is 77.5 Å². The van der Waals surface area contributed by atoms with Crippen LogP contribution >= 0.6 is 0 Å². The number of alkyl halides is 3. The van der Waals surface area contributed by atoms with Gasteiger partial charge in [0.25, 0.3) is 0 Å². The second kappa shape index (κ2) is 6.47. The zero-order valence-electron chi connectivity index (χ0n) is 13.0. The summed E-state index contributed by atoms with van der Waals surface area (Å²) in [6, 6.07) is 14.3. The second-order valence-electron chi connectivity index (χ2n) is 5.58. The number of aromatic nitrogens is 1. The van der Waals surface area contributed by atoms with E-state index in [0.717, 1.165) is 29.1 Å². The third kappa shape index (κ3) is 3.74. The van der Waals surface area contributed by atoms with E-state index < -0.39 is 17.7 Å². The van der Waals surface area contributed by atoms with E-state index in [4.69, 9.17) is 5.11 Å². The molecule has 0 radical (unpaired) electrons. The summed E-state index contributed by atoms with van der Waals surface area (Å²) < 4.78 is 40.5. The van der Waals surface area contributed by atoms with Gasteiger partial charge < -0.3 is 9.67 Å². The van der Waals surface area contributed by atoms with Crippen molar-refractivity contribution in [2.24, 2.45) is 0 Å². The highest BCUT2D eigenvalue weighted by Crippen LogP contribution is 2.30. The van der Waals surface area contributed by atoms with Gasteiger partial charge in [-0.3, -0.25) is 0 Å². The van der Waals surface area contributed by atoms with E-state index in [1.54, 1.807) is 10.6 Å². The average molecular weight is 345 g/mol. The number of hydrogen-bond acceptors (Lipinski definition) is 1. The van der Waals surface area contributed by atoms with Crippen LogP contribution < -0.4 is 0 Å². The number of para-hydroxylation sites is 1. The van der Waals surface area contributed by atoms with E-state index in [1.807, 2.05) is 30.3 Å². The van der Waals surface area contributed by atoms with Crippen molar-refractivity contribution in [2.45, 2.75) is 12.7 Å². The van der Waals surface area contributed by atoms with Crippen LogP contribution in [0, 0.1) is 0 Å². The van der Waals surface area contributed by atoms with Crippen LogP contribution in [0.5, 0.6) is 0 Å². The maximum atomic E-state index is 12.9. The molecule has 0 amide bonds. The summed E-state index contributed by atoms with van der Waals surface area (Å²) in [4.78, 5) is 10.8. The lowest BCUT2D eigenvalue weighted by Crippen LogP contribution is -2.07. The number of rotatable bonds is 4. The fraction of sp³-hybridized carbons (Fsp3) is 0.105. The summed E-state index contributed by atoms with van der Waals surface area (Å²) >= 11 is 0. The zero-order chi connectivity index (χ0) is 18.0. The fourth-order valence-corrected chi connectivity index (χ4v) is 2.73. The minimum absolute atomic E-state index is 0.205. The molecular weight excluding hydrogens is 331 g/mol. The first-order chi connectivity index (χ1) is 11.8. The predicted octanol–water partition coefficient (Wildman–Crippen LogP) is 4.81. The summed E-state index contributed by atoms with van der Waals surface area (Å²) in [5, 5.41) is 9.72. The Kier molecular flexibility index (Phi) is 4.35. The Bertz CT molecular complexity index is 955. The van der Waals surface area contributed by atoms with Crippen LogP contribution in [0.1, 0.15) is 16.8 Å². The monoisotopic (exact) mass is 345 g/mol. The number of fused-ring (bicyclic) bond motifs is 1. The minimum atomic E-state index is -4.40. The van der Waals surface area contributed by atoms with Crippen LogP contribution in [0.3, 0.4) is 0 Å². The number of carbonyl (C=O) groups is 1. The molecule has 3 aromatic rings. The topological polar surface area (TPSA) is 42.2 Å². The Morgan fingerprint density at radius 3 is 2.56 bits per heavy atom. The molecule has 6 heteroatoms. The molecule has 0 fully saturated rings. The van der Waals surface area contributed by atoms with E-state index in [0.29, 0.717) is 11.3 Å². The molecule has 0 unspecified atom stereocenters. The van der Waals surface area contributed by atoms with Gasteiger partial charge in [-0.1, -0.05) is 30.3 Å². The molecule has 0 atom stereocenters. The lowest BCUT2D eigenvalue weighted by molar-refractivity contribution is -0.137. The van der Waals surface area contributed by atoms with Gasteiger partial charge in [-0.2, -0.15) is 13.2 Å². The molecule has 0 spiro atoms. The second-order valence-corrected chi connectivity index (χ2v) is 5.58. The van der Waals surface area contributed by atoms with Gasteiger partial charge in [-0.05, 0) is 35.9 Å². The average Bonchev–Trinajstić information content (AvgIpc) is 2.90. The van der Waals surface area contributed by atoms with E-state index in [-0.39, 0.29) is 6.54 Å². The summed E-state index contributed by atoms with van der Waals surface area (Å²) in [5.74, 6) is -1.09. The molecule has 1 aromatic heterocycles. The Hall–Kier alpha value is -3.02. The number of hydrogen-bond donors (Lipinski definition) is 1. The predicted molar refractivity (Wildman–Crippen MR) is 89.2 cm³/mol. The highest BCUT2D eigenvalue weighted by atomic mass is 19.4. The number of nitrogens with zero attached hydrogens (tertiary/aromatic N) is 1. The Labute approximate surface area is 141 Å². The first-order valence-electron chi connectivity index (χ1n) is 7.50. The van der Waals surface area contributed by atoms with E-state index in [2.05, 4.69) is 0 Å². The molecule has 0 saturated carbocycles. The first-order valence-corrected chi connectivity index (χ1v) is 7.50. The van der Waals surface area contributed by atoms with Gasteiger partial charge in [0.1, 0.15) is 0 Å². The molecule has 128 valence electrons. The Balaban J connectivity index is 2.06. The van der Waals surface area contributed by atoms with Crippen LogP contribution in [0.15, 0.2) is 60.7 Å². The fourth-order valence-electron chi connectivity index (χ4n) is 2.73. The molecule has 2 aromatic carbocycles. The normalized spacial score (nSPS) is 12.1. The van der Waals surface area contributed by atoms with Crippen molar-refractivity contribution >= 4 is 22.9 Å². The number of carboxylic acid groups (broad SMARTS) is 1. The molecule has 1 N–H and O–H groups in total. The molecule has 0 aliphatic heterocycles. The van der Waals surface area contributed by atoms with Crippen molar-refractivity contribution < 1.29 is 23.1 Å². The van der Waals surface area contributed by atoms with Crippen LogP contribution in [0.2, 0.25) is 0 Å². The molecule has 0 aliphatic carbocycles. The van der Waals surface area contributed by atoms with Gasteiger partial charge in [-0.25, -0.2) is 4.79 Å². The van der Waals surface area contributed by atoms with Crippen LogP contribution in [0.4, 0.5) is 13.2 Å². The molecule has 0 aliphatic rings. The first kappa shape index (κ1) is 16.8. The largest absolute Gasteiger partial charge is 0.478 e. The molecule has 3 nitrogen and oxygen atoms in total. The molecule has 0 saturated heterocycles. The van der Waals surface area contributed by atoms with Crippen molar-refractivity contribution in [2.75, 3.05) is 0 Å². The van der Waals surface area contributed by atoms with Crippen LogP contribution in [-0.4, -0.2) is 15.6 Å². The molecule has 3 rings (SSSR count). The summed E-state index contributed by atoms with van der Waals surface area (Å²) in [5.41, 5.74) is 1.22. The standard InChI is InChI=1S/C19H14F3NO2/c20-19(21,22)15-6-3-4-13(10-15)12-23-16(8-9-18(24)25)11-14-5-1-2-7-17(14)23/h1-11H,12H2,(H,24,25)/b9-8+. The molecule has 1 heterocycles. The number of aliphatic carboxylic acids is 1. The molecular formula is C19H14F3NO2. The number of carboxylic acids is 1. The Morgan fingerprint density at radius 2 is 1.84 bits per heavy atom. The maximum absolute atomic E-state index is 12.9. The quantitative estimate of drug-likeness (QED) is 0.690. The summed E-state index contributed by atoms with van der Waals surface area (Å²) in [6.45, 7) is 0.205. The third-order valence-corrected chi connectivity index (χ3v) is 3.83. The van der Waals surface area contributed by atoms with Crippen LogP contribution in [-0.2, 0) is 17.5 Å². The van der Waals surface area contributed by atoms with Gasteiger partial charge in [0.15, 0.2) is 0 Å². The van der Waals surface area contributed by atoms with Crippen molar-refractivity contribution in [3.8, 4) is 0 Å². The van der Waals surface area contributed by atoms with Gasteiger partial charge in [-0.15, -0.1) is 0 Å². The minimum Gasteiger partial charge on any atom is -0.478 e. The highest BCUT2D eigenvalue weighted by molar-refractivity contribution is 5.88. The summed E-state index contributed by atoms with van der Waals surface area (Å²) in [6.07, 6.45) is -1.95. The van der Waals surface area contributed by atoms with Gasteiger partial charge in [0.05, 0.1) is 5.56 Å². The summed E-state index contributed by atoms with van der Waals surface area (Å²) in [7, 11) is 0. The van der Waals surface area contributed by atoms with E-state index >= 15 is 0 Å². The lowest BCUT2D eigenvalue weighted by Gasteiger charge is -2.12. The van der Waals surface area contributed by atoms with E-state index in [1.165, 1.54) is 12.1 Å². The van der Waals surface area contributed by atoms with Crippen molar-refractivity contribution in [1.29, 1.82) is 0 Å². The third-order valence-electron chi connectivity index (χ3n) is 3.83. The van der Waals surface area contributed by atoms with Gasteiger partial charge in [0.2, 0.25) is 0 Å². The van der Waals surface area contributed by atoms with Crippen molar-refractivity contribution in [3.63, 3.8) is 0 Å². The highest BCUT2D eigenvalue weighted by Gasteiger charge is 2.30. The van der Waals surface area contributed by atoms with E-state index in [9.17, 15) is 18.0 Å². The SMILES string of the molecule is O=C(O)/C=C/c1cc2ccccc2n1Cc1cccc(C(F)(F)F)c1. The molecule has 25 heavy (non-hydrogen) atoms. The van der Waals surface area contributed by atoms with Crippen molar-refractivity contribution in [1.82, 2.24) is 4.57 Å².